The summed E-state index contributed by atoms with van der Waals surface area (Å²) in [4.78, 5) is -0.870. The minimum Gasteiger partial charge on any atom is -0.607 e. The lowest BCUT2D eigenvalue weighted by Gasteiger charge is -2.42. The Hall–Kier alpha value is -0.460. The average Bonchev–Trinajstić information content (AvgIpc) is 2.72. The Labute approximate surface area is 220 Å². The zero-order valence-corrected chi connectivity index (χ0v) is 22.0. The molecule has 1 aliphatic rings. The third kappa shape index (κ3) is 4.89. The molecule has 3 atom stereocenters. The van der Waals surface area contributed by atoms with Crippen LogP contribution in [0.15, 0.2) is 59.5 Å². The van der Waals surface area contributed by atoms with Gasteiger partial charge >= 0.3 is 17.4 Å². The summed E-state index contributed by atoms with van der Waals surface area (Å²) in [5.74, 6) is -6.55. The van der Waals surface area contributed by atoms with Gasteiger partial charge in [-0.3, -0.25) is 0 Å². The largest absolute Gasteiger partial charge is 0.607 e. The second-order valence-electron chi connectivity index (χ2n) is 7.38. The van der Waals surface area contributed by atoms with E-state index in [4.69, 9.17) is 23.2 Å². The quantitative estimate of drug-likeness (QED) is 0.176. The molecule has 0 saturated heterocycles. The van der Waals surface area contributed by atoms with Gasteiger partial charge in [-0.05, 0) is 29.3 Å². The predicted octanol–water partition coefficient (Wildman–Crippen LogP) is 8.90. The fourth-order valence-corrected chi connectivity index (χ4v) is 8.25. The van der Waals surface area contributed by atoms with Gasteiger partial charge in [-0.1, -0.05) is 91.5 Å². The molecule has 0 spiro atoms. The van der Waals surface area contributed by atoms with Crippen LogP contribution in [-0.4, -0.2) is 21.9 Å². The molecule has 1 radical (unpaired) electrons. The highest BCUT2D eigenvalue weighted by Crippen LogP contribution is 2.59. The highest BCUT2D eigenvalue weighted by molar-refractivity contribution is 9.10. The van der Waals surface area contributed by atoms with E-state index in [9.17, 15) is 35.3 Å². The summed E-state index contributed by atoms with van der Waals surface area (Å²) in [6.07, 6.45) is -4.86. The number of allylic oxidation sites excluding steroid dienone is 2. The molecule has 3 rings (SSSR count). The van der Waals surface area contributed by atoms with Crippen LogP contribution in [0, 0.1) is 6.42 Å². The van der Waals surface area contributed by atoms with Crippen molar-refractivity contribution in [3.8, 4) is 0 Å². The molecule has 0 amide bonds. The Bertz CT molecular complexity index is 1110. The highest BCUT2D eigenvalue weighted by atomic mass is 79.9. The van der Waals surface area contributed by atoms with Crippen LogP contribution < -0.4 is 0 Å². The lowest BCUT2D eigenvalue weighted by molar-refractivity contribution is -0.331. The minimum atomic E-state index is -6.63. The van der Waals surface area contributed by atoms with E-state index in [1.807, 2.05) is 0 Å². The molecule has 1 aliphatic carbocycles. The van der Waals surface area contributed by atoms with Gasteiger partial charge in [-0.2, -0.15) is 22.0 Å². The fraction of sp³-hybridized carbons (Fsp3) is 0.286. The zero-order chi connectivity index (χ0) is 25.7. The van der Waals surface area contributed by atoms with Crippen LogP contribution in [0.3, 0.4) is 0 Å². The first-order valence-electron chi connectivity index (χ1n) is 9.17. The van der Waals surface area contributed by atoms with Crippen molar-refractivity contribution < 1.29 is 35.3 Å². The van der Waals surface area contributed by atoms with Crippen LogP contribution in [0.5, 0.6) is 0 Å². The monoisotopic (exact) mass is 673 g/mol. The molecule has 13 heteroatoms. The Morgan fingerprint density at radius 3 is 1.76 bits per heavy atom. The van der Waals surface area contributed by atoms with Gasteiger partial charge < -0.3 is 4.55 Å². The Kier molecular flexibility index (Phi) is 7.81. The van der Waals surface area contributed by atoms with Gasteiger partial charge in [0.05, 0.1) is 19.8 Å². The summed E-state index contributed by atoms with van der Waals surface area (Å²) in [5, 5.41) is -5.69. The zero-order valence-electron chi connectivity index (χ0n) is 16.5. The molecule has 34 heavy (non-hydrogen) atoms. The highest BCUT2D eigenvalue weighted by Gasteiger charge is 2.80. The molecule has 0 saturated carbocycles. The fourth-order valence-electron chi connectivity index (χ4n) is 3.43. The maximum absolute atomic E-state index is 14.4. The number of rotatable bonds is 5. The number of hydrogen-bond acceptors (Lipinski definition) is 1. The van der Waals surface area contributed by atoms with Crippen LogP contribution >= 0.6 is 55.1 Å². The Morgan fingerprint density at radius 1 is 0.824 bits per heavy atom. The standard InChI is InChI=1S/C21H12Br2Cl2F7OS/c22-17(13-5-1-3-7-15(13)24)9-12(34(33)21(31,32)19(26,27)20(28,29)30)10-18(23,11-17)14-6-2-4-8-16(14)25/h1-9,11H,10H2. The summed E-state index contributed by atoms with van der Waals surface area (Å²) >= 11 is 15.1. The SMILES string of the molecule is [O-][S+](C1=CC(Br)(c2ccccc2Cl)[CH]C(Br)(c2ccccc2Cl)C1)C(F)(F)C(F)(F)C(F)(F)F. The van der Waals surface area contributed by atoms with Crippen molar-refractivity contribution in [1.29, 1.82) is 0 Å². The molecular weight excluding hydrogens is 664 g/mol. The number of hydrogen-bond donors (Lipinski definition) is 0. The van der Waals surface area contributed by atoms with E-state index in [1.54, 1.807) is 24.3 Å². The topological polar surface area (TPSA) is 23.1 Å². The van der Waals surface area contributed by atoms with Crippen molar-refractivity contribution in [2.45, 2.75) is 32.4 Å². The van der Waals surface area contributed by atoms with Gasteiger partial charge in [-0.15, -0.1) is 8.78 Å². The lowest BCUT2D eigenvalue weighted by Crippen LogP contribution is -2.56. The summed E-state index contributed by atoms with van der Waals surface area (Å²) in [6.45, 7) is 0. The predicted molar refractivity (Wildman–Crippen MR) is 125 cm³/mol. The van der Waals surface area contributed by atoms with Crippen LogP contribution in [0.1, 0.15) is 17.5 Å². The van der Waals surface area contributed by atoms with E-state index in [0.29, 0.717) is 0 Å². The van der Waals surface area contributed by atoms with E-state index in [2.05, 4.69) is 31.9 Å². The molecule has 2 aromatic carbocycles. The van der Waals surface area contributed by atoms with Crippen molar-refractivity contribution in [3.63, 3.8) is 0 Å². The molecule has 2 aromatic rings. The second kappa shape index (κ2) is 9.45. The summed E-state index contributed by atoms with van der Waals surface area (Å²) in [6, 6.07) is 12.2. The maximum Gasteiger partial charge on any atom is 0.486 e. The van der Waals surface area contributed by atoms with Gasteiger partial charge in [0, 0.05) is 22.9 Å². The van der Waals surface area contributed by atoms with E-state index in [0.717, 1.165) is 6.08 Å². The van der Waals surface area contributed by atoms with Gasteiger partial charge in [0.2, 0.25) is 0 Å². The lowest BCUT2D eigenvalue weighted by atomic mass is 9.78. The maximum atomic E-state index is 14.4. The summed E-state index contributed by atoms with van der Waals surface area (Å²) < 4.78 is 104. The second-order valence-corrected chi connectivity index (χ2v) is 12.5. The van der Waals surface area contributed by atoms with E-state index in [-0.39, 0.29) is 21.2 Å². The third-order valence-electron chi connectivity index (χ3n) is 5.04. The minimum absolute atomic E-state index is 0.125. The molecule has 0 N–H and O–H groups in total. The van der Waals surface area contributed by atoms with E-state index >= 15 is 0 Å². The summed E-state index contributed by atoms with van der Waals surface area (Å²) in [7, 11) is 0. The molecular formula is C21H12Br2Cl2F7OS. The van der Waals surface area contributed by atoms with Crippen LogP contribution in [0.25, 0.3) is 0 Å². The van der Waals surface area contributed by atoms with E-state index < -0.39 is 48.5 Å². The van der Waals surface area contributed by atoms with Crippen molar-refractivity contribution in [2.24, 2.45) is 0 Å². The molecule has 3 unspecified atom stereocenters. The summed E-state index contributed by atoms with van der Waals surface area (Å²) in [5.41, 5.74) is 0.522. The first kappa shape index (κ1) is 28.1. The van der Waals surface area contributed by atoms with Crippen LogP contribution in [0.2, 0.25) is 10.0 Å². The number of alkyl halides is 9. The molecule has 0 fully saturated rings. The molecule has 0 heterocycles. The first-order valence-corrected chi connectivity index (χ1v) is 12.7. The van der Waals surface area contributed by atoms with Crippen molar-refractivity contribution >= 4 is 66.2 Å². The van der Waals surface area contributed by atoms with Crippen LogP contribution in [-0.2, 0) is 19.8 Å². The third-order valence-corrected chi connectivity index (χ3v) is 8.98. The van der Waals surface area contributed by atoms with Crippen molar-refractivity contribution in [3.05, 3.63) is 87.1 Å². The molecule has 0 aliphatic heterocycles. The van der Waals surface area contributed by atoms with Gasteiger partial charge in [-0.25, -0.2) is 0 Å². The smallest absolute Gasteiger partial charge is 0.486 e. The molecule has 0 aromatic heterocycles. The van der Waals surface area contributed by atoms with Gasteiger partial charge in [0.1, 0.15) is 4.91 Å². The van der Waals surface area contributed by atoms with Crippen LogP contribution in [0.4, 0.5) is 30.7 Å². The Balaban J connectivity index is 2.21. The average molecular weight is 676 g/mol. The normalized spacial score (nSPS) is 25.1. The molecule has 1 nitrogen and oxygen atoms in total. The van der Waals surface area contributed by atoms with Gasteiger partial charge in [0.15, 0.2) is 0 Å². The first-order chi connectivity index (χ1) is 15.5. The van der Waals surface area contributed by atoms with Crippen molar-refractivity contribution in [2.75, 3.05) is 0 Å². The number of benzene rings is 2. The van der Waals surface area contributed by atoms with Gasteiger partial charge in [0.25, 0.3) is 0 Å². The van der Waals surface area contributed by atoms with Crippen molar-refractivity contribution in [1.82, 2.24) is 0 Å². The Morgan fingerprint density at radius 2 is 1.29 bits per heavy atom. The van der Waals surface area contributed by atoms with E-state index in [1.165, 1.54) is 30.7 Å². The molecule has 0 bridgehead atoms. The number of halogens is 11. The molecule has 185 valence electrons.